The summed E-state index contributed by atoms with van der Waals surface area (Å²) in [5.74, 6) is 0. The van der Waals surface area contributed by atoms with Crippen LogP contribution in [0.2, 0.25) is 0 Å². The Morgan fingerprint density at radius 1 is 1.25 bits per heavy atom. The van der Waals surface area contributed by atoms with Crippen molar-refractivity contribution in [3.63, 3.8) is 0 Å². The van der Waals surface area contributed by atoms with E-state index in [0.717, 1.165) is 9.65 Å². The van der Waals surface area contributed by atoms with Crippen LogP contribution in [-0.2, 0) is 0 Å². The first-order valence-electron chi connectivity index (χ1n) is 2.67. The van der Waals surface area contributed by atoms with Crippen molar-refractivity contribution < 1.29 is 0 Å². The van der Waals surface area contributed by atoms with Crippen LogP contribution < -0.4 is 0 Å². The Morgan fingerprint density at radius 3 is 1.75 bits per heavy atom. The molecule has 0 nitrogen and oxygen atoms in total. The third kappa shape index (κ3) is 1.68. The highest BCUT2D eigenvalue weighted by atomic mass is 79.9. The lowest BCUT2D eigenvalue weighted by atomic mass is 10.4. The fourth-order valence-electron chi connectivity index (χ4n) is 0.899. The van der Waals surface area contributed by atoms with E-state index in [1.807, 2.05) is 0 Å². The van der Waals surface area contributed by atoms with Gasteiger partial charge in [0.2, 0.25) is 0 Å². The summed E-state index contributed by atoms with van der Waals surface area (Å²) < 4.78 is 0. The molecule has 1 heterocycles. The molecule has 1 saturated heterocycles. The summed E-state index contributed by atoms with van der Waals surface area (Å²) in [6, 6.07) is 0. The topological polar surface area (TPSA) is 0 Å². The minimum absolute atomic E-state index is 0.363. The number of alkyl halides is 2. The average molecular weight is 260 g/mol. The summed E-state index contributed by atoms with van der Waals surface area (Å²) in [4.78, 5) is 1.50. The van der Waals surface area contributed by atoms with Gasteiger partial charge in [0.1, 0.15) is 0 Å². The van der Waals surface area contributed by atoms with E-state index < -0.39 is 0 Å². The Balaban J connectivity index is 2.39. The maximum Gasteiger partial charge on any atom is 0.0313 e. The molecule has 1 fully saturated rings. The average Bonchev–Trinajstić information content (AvgIpc) is 1.85. The number of hydrogen-bond acceptors (Lipinski definition) is 0. The molecule has 0 radical (unpaired) electrons. The Labute approximate surface area is 68.4 Å². The van der Waals surface area contributed by atoms with E-state index in [-0.39, 0.29) is 0 Å². The third-order valence-electron chi connectivity index (χ3n) is 1.36. The molecule has 0 aromatic rings. The van der Waals surface area contributed by atoms with Crippen molar-refractivity contribution in [3.8, 4) is 0 Å². The summed E-state index contributed by atoms with van der Waals surface area (Å²) in [5.41, 5.74) is 0. The van der Waals surface area contributed by atoms with Crippen molar-refractivity contribution in [3.05, 3.63) is 0 Å². The summed E-state index contributed by atoms with van der Waals surface area (Å²) >= 11 is 7.23. The van der Waals surface area contributed by atoms with Gasteiger partial charge in [0.15, 0.2) is 0 Å². The second-order valence-electron chi connectivity index (χ2n) is 2.25. The van der Waals surface area contributed by atoms with Crippen molar-refractivity contribution in [2.75, 3.05) is 19.0 Å². The molecule has 0 bridgehead atoms. The standard InChI is InChI=1S/C5H9Br2P/c1-8-2-4(6)5(7)3-8/h4-5H,2-3H2,1H3/t4-,5-/m1/s1. The Morgan fingerprint density at radius 2 is 1.62 bits per heavy atom. The fraction of sp³-hybridized carbons (Fsp3) is 1.00. The normalized spacial score (nSPS) is 40.9. The van der Waals surface area contributed by atoms with Gasteiger partial charge in [-0.2, -0.15) is 0 Å². The zero-order chi connectivity index (χ0) is 6.15. The van der Waals surface area contributed by atoms with Crippen LogP contribution in [0.4, 0.5) is 0 Å². The smallest absolute Gasteiger partial charge is 0.0313 e. The van der Waals surface area contributed by atoms with E-state index in [1.54, 1.807) is 0 Å². The van der Waals surface area contributed by atoms with Crippen LogP contribution >= 0.6 is 39.8 Å². The van der Waals surface area contributed by atoms with Crippen molar-refractivity contribution in [1.29, 1.82) is 0 Å². The van der Waals surface area contributed by atoms with Gasteiger partial charge in [-0.3, -0.25) is 0 Å². The van der Waals surface area contributed by atoms with Gasteiger partial charge >= 0.3 is 0 Å². The molecular formula is C5H9Br2P. The van der Waals surface area contributed by atoms with Gasteiger partial charge < -0.3 is 0 Å². The molecule has 0 aromatic heterocycles. The maximum absolute atomic E-state index is 3.61. The van der Waals surface area contributed by atoms with Crippen LogP contribution in [0.15, 0.2) is 0 Å². The monoisotopic (exact) mass is 258 g/mol. The van der Waals surface area contributed by atoms with Gasteiger partial charge in [-0.1, -0.05) is 31.9 Å². The molecule has 1 aliphatic rings. The van der Waals surface area contributed by atoms with Gasteiger partial charge in [0.25, 0.3) is 0 Å². The lowest BCUT2D eigenvalue weighted by molar-refractivity contribution is 1.03. The van der Waals surface area contributed by atoms with Crippen LogP contribution in [0.1, 0.15) is 0 Å². The second kappa shape index (κ2) is 2.98. The summed E-state index contributed by atoms with van der Waals surface area (Å²) in [5, 5.41) is 0. The predicted octanol–water partition coefficient (Wildman–Crippen LogP) is 2.64. The first-order valence-corrected chi connectivity index (χ1v) is 6.66. The predicted molar refractivity (Wildman–Crippen MR) is 48.0 cm³/mol. The van der Waals surface area contributed by atoms with E-state index in [0.29, 0.717) is 7.92 Å². The summed E-state index contributed by atoms with van der Waals surface area (Å²) in [6.45, 7) is 2.37. The van der Waals surface area contributed by atoms with Crippen molar-refractivity contribution in [1.82, 2.24) is 0 Å². The van der Waals surface area contributed by atoms with Gasteiger partial charge in [-0.15, -0.1) is 7.92 Å². The minimum atomic E-state index is 0.363. The Bertz CT molecular complexity index is 76.5. The molecule has 3 heteroatoms. The van der Waals surface area contributed by atoms with E-state index in [9.17, 15) is 0 Å². The summed E-state index contributed by atoms with van der Waals surface area (Å²) in [7, 11) is 0.363. The largest absolute Gasteiger partial charge is 0.108 e. The van der Waals surface area contributed by atoms with Gasteiger partial charge in [0.05, 0.1) is 0 Å². The molecule has 1 aliphatic heterocycles. The van der Waals surface area contributed by atoms with Crippen molar-refractivity contribution in [2.45, 2.75) is 9.65 Å². The van der Waals surface area contributed by atoms with E-state index in [1.165, 1.54) is 12.3 Å². The molecule has 8 heavy (non-hydrogen) atoms. The first-order chi connectivity index (χ1) is 3.70. The van der Waals surface area contributed by atoms with Gasteiger partial charge in [-0.05, 0) is 19.0 Å². The molecule has 0 amide bonds. The van der Waals surface area contributed by atoms with Crippen LogP contribution in [0, 0.1) is 0 Å². The highest BCUT2D eigenvalue weighted by molar-refractivity contribution is 9.12. The molecule has 48 valence electrons. The van der Waals surface area contributed by atoms with Crippen LogP contribution in [0.25, 0.3) is 0 Å². The number of rotatable bonds is 0. The number of halogens is 2. The first kappa shape index (κ1) is 7.50. The molecule has 0 spiro atoms. The van der Waals surface area contributed by atoms with Crippen LogP contribution in [-0.4, -0.2) is 28.6 Å². The highest BCUT2D eigenvalue weighted by Crippen LogP contribution is 2.45. The molecule has 0 aliphatic carbocycles. The zero-order valence-corrected chi connectivity index (χ0v) is 8.84. The SMILES string of the molecule is CP1C[C@@H](Br)[C@H](Br)C1. The molecule has 0 N–H and O–H groups in total. The van der Waals surface area contributed by atoms with Crippen molar-refractivity contribution >= 4 is 39.8 Å². The molecule has 0 aromatic carbocycles. The summed E-state index contributed by atoms with van der Waals surface area (Å²) in [6.07, 6.45) is 2.79. The van der Waals surface area contributed by atoms with Crippen molar-refractivity contribution in [2.24, 2.45) is 0 Å². The van der Waals surface area contributed by atoms with E-state index in [4.69, 9.17) is 0 Å². The highest BCUT2D eigenvalue weighted by Gasteiger charge is 2.26. The second-order valence-corrected chi connectivity index (χ2v) is 7.05. The Kier molecular flexibility index (Phi) is 2.80. The third-order valence-corrected chi connectivity index (χ3v) is 7.03. The minimum Gasteiger partial charge on any atom is -0.108 e. The fourth-order valence-corrected chi connectivity index (χ4v) is 6.67. The molecular weight excluding hydrogens is 251 g/mol. The molecule has 0 unspecified atom stereocenters. The van der Waals surface area contributed by atoms with Gasteiger partial charge in [0, 0.05) is 9.65 Å². The van der Waals surface area contributed by atoms with Crippen LogP contribution in [0.3, 0.4) is 0 Å². The van der Waals surface area contributed by atoms with Gasteiger partial charge in [-0.25, -0.2) is 0 Å². The lowest BCUT2D eigenvalue weighted by Gasteiger charge is -2.00. The van der Waals surface area contributed by atoms with E-state index >= 15 is 0 Å². The lowest BCUT2D eigenvalue weighted by Crippen LogP contribution is -2.08. The maximum atomic E-state index is 3.61. The molecule has 2 atom stereocenters. The molecule has 1 rings (SSSR count). The van der Waals surface area contributed by atoms with E-state index in [2.05, 4.69) is 38.5 Å². The zero-order valence-electron chi connectivity index (χ0n) is 4.77. The number of hydrogen-bond donors (Lipinski definition) is 0. The molecule has 0 saturated carbocycles. The Hall–Kier alpha value is 1.39. The quantitative estimate of drug-likeness (QED) is 0.464. The van der Waals surface area contributed by atoms with Crippen LogP contribution in [0.5, 0.6) is 0 Å².